The van der Waals surface area contributed by atoms with Crippen molar-refractivity contribution < 1.29 is 14.8 Å². The molecule has 1 heterocycles. The Labute approximate surface area is 128 Å². The highest BCUT2D eigenvalue weighted by molar-refractivity contribution is 6.33. The van der Waals surface area contributed by atoms with Crippen molar-refractivity contribution >= 4 is 34.3 Å². The first-order valence-electron chi connectivity index (χ1n) is 6.13. The third-order valence-corrected chi connectivity index (χ3v) is 3.46. The van der Waals surface area contributed by atoms with Crippen molar-refractivity contribution in [1.29, 1.82) is 0 Å². The number of halogens is 1. The lowest BCUT2D eigenvalue weighted by molar-refractivity contribution is -0.384. The van der Waals surface area contributed by atoms with Crippen molar-refractivity contribution in [2.45, 2.75) is 0 Å². The Morgan fingerprint density at radius 3 is 2.55 bits per heavy atom. The fourth-order valence-corrected chi connectivity index (χ4v) is 2.29. The average Bonchev–Trinajstić information content (AvgIpc) is 2.89. The normalized spacial score (nSPS) is 10.8. The van der Waals surface area contributed by atoms with Crippen molar-refractivity contribution in [3.63, 3.8) is 0 Å². The number of H-pyrrole nitrogens is 1. The van der Waals surface area contributed by atoms with Gasteiger partial charge < -0.3 is 10.1 Å². The number of benzene rings is 2. The van der Waals surface area contributed by atoms with Crippen molar-refractivity contribution in [2.75, 3.05) is 0 Å². The largest absolute Gasteiger partial charge is 0.478 e. The summed E-state index contributed by atoms with van der Waals surface area (Å²) in [6.07, 6.45) is 0. The van der Waals surface area contributed by atoms with Gasteiger partial charge in [0, 0.05) is 11.6 Å². The maximum absolute atomic E-state index is 10.9. The summed E-state index contributed by atoms with van der Waals surface area (Å²) >= 11 is 5.85. The van der Waals surface area contributed by atoms with Gasteiger partial charge in [-0.2, -0.15) is 0 Å². The Bertz CT molecular complexity index is 902. The van der Waals surface area contributed by atoms with E-state index < -0.39 is 10.9 Å². The fourth-order valence-electron chi connectivity index (χ4n) is 2.07. The molecular formula is C14H8ClN3O4. The van der Waals surface area contributed by atoms with Crippen molar-refractivity contribution in [1.82, 2.24) is 9.97 Å². The quantitative estimate of drug-likeness (QED) is 0.567. The zero-order valence-corrected chi connectivity index (χ0v) is 11.7. The van der Waals surface area contributed by atoms with E-state index in [-0.39, 0.29) is 16.3 Å². The van der Waals surface area contributed by atoms with E-state index >= 15 is 0 Å². The van der Waals surface area contributed by atoms with Crippen LogP contribution in [0, 0.1) is 10.1 Å². The molecule has 8 heteroatoms. The molecule has 2 aromatic carbocycles. The summed E-state index contributed by atoms with van der Waals surface area (Å²) in [6.45, 7) is 0. The second-order valence-corrected chi connectivity index (χ2v) is 4.95. The van der Waals surface area contributed by atoms with Crippen LogP contribution in [-0.2, 0) is 0 Å². The Morgan fingerprint density at radius 1 is 1.27 bits per heavy atom. The molecule has 0 spiro atoms. The van der Waals surface area contributed by atoms with Crippen LogP contribution in [0.3, 0.4) is 0 Å². The third kappa shape index (κ3) is 2.38. The van der Waals surface area contributed by atoms with Gasteiger partial charge >= 0.3 is 5.97 Å². The van der Waals surface area contributed by atoms with Crippen LogP contribution >= 0.6 is 11.6 Å². The third-order valence-electron chi connectivity index (χ3n) is 3.15. The Morgan fingerprint density at radius 2 is 1.95 bits per heavy atom. The number of hydrogen-bond acceptors (Lipinski definition) is 4. The summed E-state index contributed by atoms with van der Waals surface area (Å²) in [5, 5.41) is 19.8. The molecule has 3 rings (SSSR count). The Hall–Kier alpha value is -2.93. The minimum atomic E-state index is -1.02. The van der Waals surface area contributed by atoms with Crippen LogP contribution in [-0.4, -0.2) is 26.0 Å². The zero-order valence-electron chi connectivity index (χ0n) is 10.9. The Balaban J connectivity index is 2.08. The number of aromatic carboxylic acids is 1. The Kier molecular flexibility index (Phi) is 3.26. The van der Waals surface area contributed by atoms with E-state index in [1.807, 2.05) is 0 Å². The van der Waals surface area contributed by atoms with Crippen molar-refractivity contribution in [3.05, 3.63) is 57.1 Å². The van der Waals surface area contributed by atoms with Crippen LogP contribution in [0.5, 0.6) is 0 Å². The van der Waals surface area contributed by atoms with Crippen molar-refractivity contribution in [2.24, 2.45) is 0 Å². The summed E-state index contributed by atoms with van der Waals surface area (Å²) in [5.41, 5.74) is 1.60. The fraction of sp³-hybridized carbons (Fsp3) is 0. The average molecular weight is 318 g/mol. The van der Waals surface area contributed by atoms with Gasteiger partial charge in [0.1, 0.15) is 10.8 Å². The van der Waals surface area contributed by atoms with Gasteiger partial charge in [-0.05, 0) is 18.2 Å². The van der Waals surface area contributed by atoms with Gasteiger partial charge in [-0.1, -0.05) is 23.7 Å². The molecule has 0 atom stereocenters. The maximum atomic E-state index is 10.9. The molecule has 0 aliphatic rings. The van der Waals surface area contributed by atoms with E-state index in [0.717, 1.165) is 0 Å². The summed E-state index contributed by atoms with van der Waals surface area (Å²) in [5.74, 6) is -0.540. The van der Waals surface area contributed by atoms with Crippen LogP contribution in [0.25, 0.3) is 22.4 Å². The number of rotatable bonds is 3. The van der Waals surface area contributed by atoms with Crippen LogP contribution in [0.4, 0.5) is 5.69 Å². The second kappa shape index (κ2) is 5.12. The number of imidazole rings is 1. The van der Waals surface area contributed by atoms with E-state index in [2.05, 4.69) is 9.97 Å². The number of aromatic amines is 1. The molecule has 0 saturated carbocycles. The monoisotopic (exact) mass is 317 g/mol. The standard InChI is InChI=1S/C14H8ClN3O4/c15-9-5-10-11(6-12(9)18(21)22)17-13(16-10)7-1-3-8(4-2-7)14(19)20/h1-6H,(H,16,17)(H,19,20). The van der Waals surface area contributed by atoms with Gasteiger partial charge in [0.2, 0.25) is 0 Å². The number of aromatic nitrogens is 2. The lowest BCUT2D eigenvalue weighted by atomic mass is 10.1. The number of carboxylic acid groups (broad SMARTS) is 1. The van der Waals surface area contributed by atoms with Gasteiger partial charge in [-0.15, -0.1) is 0 Å². The molecule has 3 aromatic rings. The van der Waals surface area contributed by atoms with Crippen LogP contribution < -0.4 is 0 Å². The van der Waals surface area contributed by atoms with Gasteiger partial charge in [-0.3, -0.25) is 10.1 Å². The SMILES string of the molecule is O=C(O)c1ccc(-c2nc3cc(Cl)c([N+](=O)[O-])cc3[nH]2)cc1. The molecule has 0 amide bonds. The van der Waals surface area contributed by atoms with Gasteiger partial charge in [-0.25, -0.2) is 9.78 Å². The van der Waals surface area contributed by atoms with E-state index in [1.54, 1.807) is 12.1 Å². The number of nitrogens with one attached hydrogen (secondary N) is 1. The smallest absolute Gasteiger partial charge is 0.335 e. The van der Waals surface area contributed by atoms with E-state index in [9.17, 15) is 14.9 Å². The molecule has 110 valence electrons. The summed E-state index contributed by atoms with van der Waals surface area (Å²) in [4.78, 5) is 28.4. The molecule has 0 fully saturated rings. The molecule has 0 unspecified atom stereocenters. The number of hydrogen-bond donors (Lipinski definition) is 2. The predicted octanol–water partition coefficient (Wildman–Crippen LogP) is 3.49. The minimum absolute atomic E-state index is 0.0109. The zero-order chi connectivity index (χ0) is 15.9. The lowest BCUT2D eigenvalue weighted by Gasteiger charge is -1.97. The number of nitro groups is 1. The molecule has 1 aromatic heterocycles. The highest BCUT2D eigenvalue weighted by Crippen LogP contribution is 2.30. The van der Waals surface area contributed by atoms with E-state index in [4.69, 9.17) is 16.7 Å². The first kappa shape index (κ1) is 14.0. The van der Waals surface area contributed by atoms with Gasteiger partial charge in [0.25, 0.3) is 5.69 Å². The number of carboxylic acids is 1. The molecule has 0 saturated heterocycles. The van der Waals surface area contributed by atoms with Crippen LogP contribution in [0.15, 0.2) is 36.4 Å². The number of carbonyl (C=O) groups is 1. The summed E-state index contributed by atoms with van der Waals surface area (Å²) < 4.78 is 0. The molecule has 0 aliphatic heterocycles. The molecule has 0 radical (unpaired) electrons. The van der Waals surface area contributed by atoms with E-state index in [0.29, 0.717) is 22.4 Å². The van der Waals surface area contributed by atoms with Crippen molar-refractivity contribution in [3.8, 4) is 11.4 Å². The van der Waals surface area contributed by atoms with Crippen LogP contribution in [0.2, 0.25) is 5.02 Å². The highest BCUT2D eigenvalue weighted by atomic mass is 35.5. The molecule has 2 N–H and O–H groups in total. The molecule has 7 nitrogen and oxygen atoms in total. The first-order valence-corrected chi connectivity index (χ1v) is 6.51. The molecule has 0 bridgehead atoms. The topological polar surface area (TPSA) is 109 Å². The first-order chi connectivity index (χ1) is 10.5. The predicted molar refractivity (Wildman–Crippen MR) is 80.2 cm³/mol. The van der Waals surface area contributed by atoms with Crippen LogP contribution in [0.1, 0.15) is 10.4 Å². The minimum Gasteiger partial charge on any atom is -0.478 e. The second-order valence-electron chi connectivity index (χ2n) is 4.55. The number of fused-ring (bicyclic) bond motifs is 1. The maximum Gasteiger partial charge on any atom is 0.335 e. The van der Waals surface area contributed by atoms with E-state index in [1.165, 1.54) is 24.3 Å². The highest BCUT2D eigenvalue weighted by Gasteiger charge is 2.16. The molecule has 0 aliphatic carbocycles. The molecule has 22 heavy (non-hydrogen) atoms. The number of nitro benzene ring substituents is 1. The van der Waals surface area contributed by atoms with Gasteiger partial charge in [0.15, 0.2) is 0 Å². The molecular weight excluding hydrogens is 310 g/mol. The summed E-state index contributed by atoms with van der Waals surface area (Å²) in [7, 11) is 0. The number of nitrogens with zero attached hydrogens (tertiary/aromatic N) is 2. The summed E-state index contributed by atoms with van der Waals surface area (Å²) in [6, 6.07) is 8.87. The van der Waals surface area contributed by atoms with Gasteiger partial charge in [0.05, 0.1) is 21.5 Å². The lowest BCUT2D eigenvalue weighted by Crippen LogP contribution is -1.95.